The van der Waals surface area contributed by atoms with Crippen molar-refractivity contribution in [3.63, 3.8) is 0 Å². The van der Waals surface area contributed by atoms with E-state index in [0.29, 0.717) is 0 Å². The third kappa shape index (κ3) is 5.06. The number of amides is 1. The van der Waals surface area contributed by atoms with E-state index in [-0.39, 0.29) is 22.0 Å². The normalized spacial score (nSPS) is 12.6. The first-order valence-corrected chi connectivity index (χ1v) is 9.75. The van der Waals surface area contributed by atoms with Gasteiger partial charge in [-0.25, -0.2) is 13.2 Å². The predicted octanol–water partition coefficient (Wildman–Crippen LogP) is 2.19. The second-order valence-electron chi connectivity index (χ2n) is 5.84. The molecule has 0 aliphatic heterocycles. The molecule has 0 aromatic heterocycles. The van der Waals surface area contributed by atoms with Crippen molar-refractivity contribution in [3.8, 4) is 0 Å². The molecule has 2 aromatic carbocycles. The van der Waals surface area contributed by atoms with Crippen LogP contribution in [0.4, 0.5) is 0 Å². The lowest BCUT2D eigenvalue weighted by Gasteiger charge is -2.18. The lowest BCUT2D eigenvalue weighted by atomic mass is 10.2. The number of nitrogens with zero attached hydrogens (tertiary/aromatic N) is 1. The summed E-state index contributed by atoms with van der Waals surface area (Å²) in [6.07, 6.45) is -1.17. The van der Waals surface area contributed by atoms with Crippen molar-refractivity contribution < 1.29 is 22.7 Å². The fourth-order valence-electron chi connectivity index (χ4n) is 2.21. The van der Waals surface area contributed by atoms with Gasteiger partial charge >= 0.3 is 5.97 Å². The van der Waals surface area contributed by atoms with Crippen LogP contribution in [0.1, 0.15) is 22.8 Å². The maximum absolute atomic E-state index is 12.8. The standard InChI is InChI=1S/C18H19ClN2O5S/c1-12(17(20)22)26-18(23)15-10-14(8-9-16(15)19)27(24,25)21(2)11-13-6-4-3-5-7-13/h3-10,12H,11H2,1-2H3,(H2,20,22)/t12-/m0/s1. The highest BCUT2D eigenvalue weighted by Crippen LogP contribution is 2.24. The Morgan fingerprint density at radius 1 is 1.19 bits per heavy atom. The third-order valence-corrected chi connectivity index (χ3v) is 5.93. The van der Waals surface area contributed by atoms with Gasteiger partial charge in [-0.2, -0.15) is 4.31 Å². The van der Waals surface area contributed by atoms with Gasteiger partial charge in [0.25, 0.3) is 5.91 Å². The van der Waals surface area contributed by atoms with Crippen LogP contribution in [-0.4, -0.2) is 37.8 Å². The average Bonchev–Trinajstić information content (AvgIpc) is 2.62. The molecule has 0 saturated heterocycles. The topological polar surface area (TPSA) is 107 Å². The van der Waals surface area contributed by atoms with E-state index in [1.807, 2.05) is 30.3 Å². The Balaban J connectivity index is 2.29. The second kappa shape index (κ2) is 8.51. The fourth-order valence-corrected chi connectivity index (χ4v) is 3.59. The van der Waals surface area contributed by atoms with Gasteiger partial charge in [-0.05, 0) is 30.7 Å². The fraction of sp³-hybridized carbons (Fsp3) is 0.222. The summed E-state index contributed by atoms with van der Waals surface area (Å²) < 4.78 is 31.7. The first-order valence-electron chi connectivity index (χ1n) is 7.93. The highest BCUT2D eigenvalue weighted by molar-refractivity contribution is 7.89. The molecule has 0 spiro atoms. The van der Waals surface area contributed by atoms with Gasteiger partial charge in [0.15, 0.2) is 6.10 Å². The zero-order valence-electron chi connectivity index (χ0n) is 14.8. The number of primary amides is 1. The van der Waals surface area contributed by atoms with Crippen LogP contribution in [0.3, 0.4) is 0 Å². The Bertz CT molecular complexity index is 947. The van der Waals surface area contributed by atoms with E-state index >= 15 is 0 Å². The van der Waals surface area contributed by atoms with Crippen molar-refractivity contribution in [2.24, 2.45) is 5.73 Å². The number of ether oxygens (including phenoxy) is 1. The minimum absolute atomic E-state index is 0.00123. The quantitative estimate of drug-likeness (QED) is 0.704. The summed E-state index contributed by atoms with van der Waals surface area (Å²) in [6.45, 7) is 1.46. The van der Waals surface area contributed by atoms with E-state index in [9.17, 15) is 18.0 Å². The summed E-state index contributed by atoms with van der Waals surface area (Å²) in [7, 11) is -2.44. The third-order valence-electron chi connectivity index (χ3n) is 3.80. The van der Waals surface area contributed by atoms with E-state index in [1.54, 1.807) is 0 Å². The van der Waals surface area contributed by atoms with Gasteiger partial charge < -0.3 is 10.5 Å². The molecule has 2 aromatic rings. The van der Waals surface area contributed by atoms with Crippen molar-refractivity contribution in [1.29, 1.82) is 0 Å². The van der Waals surface area contributed by atoms with Crippen LogP contribution in [0.2, 0.25) is 5.02 Å². The van der Waals surface area contributed by atoms with Gasteiger partial charge in [0.1, 0.15) is 0 Å². The molecule has 0 radical (unpaired) electrons. The number of carbonyl (C=O) groups is 2. The first kappa shape index (κ1) is 20.9. The Morgan fingerprint density at radius 2 is 1.81 bits per heavy atom. The maximum Gasteiger partial charge on any atom is 0.340 e. The van der Waals surface area contributed by atoms with Crippen LogP contribution in [-0.2, 0) is 26.1 Å². The van der Waals surface area contributed by atoms with Gasteiger partial charge in [0, 0.05) is 13.6 Å². The van der Waals surface area contributed by atoms with Crippen molar-refractivity contribution in [2.75, 3.05) is 7.05 Å². The zero-order chi connectivity index (χ0) is 20.2. The van der Waals surface area contributed by atoms with Crippen LogP contribution in [0, 0.1) is 0 Å². The van der Waals surface area contributed by atoms with E-state index in [2.05, 4.69) is 0 Å². The molecule has 9 heteroatoms. The van der Waals surface area contributed by atoms with Crippen LogP contribution >= 0.6 is 11.6 Å². The summed E-state index contributed by atoms with van der Waals surface area (Å²) >= 11 is 5.99. The van der Waals surface area contributed by atoms with E-state index < -0.39 is 28.0 Å². The first-order chi connectivity index (χ1) is 12.6. The molecule has 2 rings (SSSR count). The molecule has 1 amide bonds. The molecule has 7 nitrogen and oxygen atoms in total. The number of hydrogen-bond acceptors (Lipinski definition) is 5. The van der Waals surface area contributed by atoms with Gasteiger partial charge in [-0.15, -0.1) is 0 Å². The van der Waals surface area contributed by atoms with E-state index in [4.69, 9.17) is 22.1 Å². The molecule has 0 fully saturated rings. The Labute approximate surface area is 162 Å². The molecule has 0 aliphatic rings. The Morgan fingerprint density at radius 3 is 2.41 bits per heavy atom. The largest absolute Gasteiger partial charge is 0.449 e. The van der Waals surface area contributed by atoms with Crippen molar-refractivity contribution >= 4 is 33.5 Å². The predicted molar refractivity (Wildman–Crippen MR) is 101 cm³/mol. The van der Waals surface area contributed by atoms with Crippen molar-refractivity contribution in [2.45, 2.75) is 24.5 Å². The number of sulfonamides is 1. The van der Waals surface area contributed by atoms with Crippen LogP contribution in [0.15, 0.2) is 53.4 Å². The zero-order valence-corrected chi connectivity index (χ0v) is 16.3. The summed E-state index contributed by atoms with van der Waals surface area (Å²) in [5.74, 6) is -1.76. The van der Waals surface area contributed by atoms with E-state index in [1.165, 1.54) is 26.1 Å². The van der Waals surface area contributed by atoms with Gasteiger partial charge in [-0.3, -0.25) is 4.79 Å². The molecule has 0 bridgehead atoms. The lowest BCUT2D eigenvalue weighted by Crippen LogP contribution is -2.30. The molecule has 27 heavy (non-hydrogen) atoms. The molecular weight excluding hydrogens is 392 g/mol. The minimum Gasteiger partial charge on any atom is -0.449 e. The minimum atomic E-state index is -3.88. The summed E-state index contributed by atoms with van der Waals surface area (Å²) in [6, 6.07) is 12.8. The number of halogens is 1. The molecular formula is C18H19ClN2O5S. The number of rotatable bonds is 7. The monoisotopic (exact) mass is 410 g/mol. The van der Waals surface area contributed by atoms with Gasteiger partial charge in [-0.1, -0.05) is 41.9 Å². The molecule has 2 N–H and O–H groups in total. The number of esters is 1. The molecule has 0 unspecified atom stereocenters. The van der Waals surface area contributed by atoms with Crippen LogP contribution in [0.25, 0.3) is 0 Å². The van der Waals surface area contributed by atoms with Gasteiger partial charge in [0.2, 0.25) is 10.0 Å². The van der Waals surface area contributed by atoms with E-state index in [0.717, 1.165) is 15.9 Å². The highest BCUT2D eigenvalue weighted by Gasteiger charge is 2.25. The smallest absolute Gasteiger partial charge is 0.340 e. The summed E-state index contributed by atoms with van der Waals surface area (Å²) in [4.78, 5) is 23.1. The molecule has 0 saturated carbocycles. The van der Waals surface area contributed by atoms with Gasteiger partial charge in [0.05, 0.1) is 15.5 Å². The number of hydrogen-bond donors (Lipinski definition) is 1. The Hall–Kier alpha value is -2.42. The van der Waals surface area contributed by atoms with Crippen molar-refractivity contribution in [3.05, 3.63) is 64.7 Å². The van der Waals surface area contributed by atoms with Crippen molar-refractivity contribution in [1.82, 2.24) is 4.31 Å². The molecule has 1 atom stereocenters. The summed E-state index contributed by atoms with van der Waals surface area (Å²) in [5.41, 5.74) is 5.71. The van der Waals surface area contributed by atoms with Crippen LogP contribution < -0.4 is 5.73 Å². The Kier molecular flexibility index (Phi) is 6.59. The second-order valence-corrected chi connectivity index (χ2v) is 8.29. The number of carbonyl (C=O) groups excluding carboxylic acids is 2. The number of benzene rings is 2. The SMILES string of the molecule is C[C@H](OC(=O)c1cc(S(=O)(=O)N(C)Cc2ccccc2)ccc1Cl)C(N)=O. The molecule has 144 valence electrons. The highest BCUT2D eigenvalue weighted by atomic mass is 35.5. The molecule has 0 aliphatic carbocycles. The maximum atomic E-state index is 12.8. The van der Waals surface area contributed by atoms with Crippen LogP contribution in [0.5, 0.6) is 0 Å². The summed E-state index contributed by atoms with van der Waals surface area (Å²) in [5, 5.41) is 0.00123. The average molecular weight is 411 g/mol. The number of nitrogens with two attached hydrogens (primary N) is 1. The lowest BCUT2D eigenvalue weighted by molar-refractivity contribution is -0.125. The molecule has 0 heterocycles.